The van der Waals surface area contributed by atoms with Crippen LogP contribution in [0.3, 0.4) is 0 Å². The number of thiophene rings is 1. The van der Waals surface area contributed by atoms with Crippen molar-refractivity contribution in [2.45, 2.75) is 84.0 Å². The number of allylic oxidation sites excluding steroid dienone is 1. The molecule has 0 fully saturated rings. The smallest absolute Gasteiger partial charge is 0.0267 e. The third-order valence-corrected chi connectivity index (χ3v) is 4.64. The molecule has 114 valence electrons. The lowest BCUT2D eigenvalue weighted by molar-refractivity contribution is 0.550. The molecule has 0 aliphatic heterocycles. The monoisotopic (exact) mass is 292 g/mol. The summed E-state index contributed by atoms with van der Waals surface area (Å²) in [7, 11) is 0. The van der Waals surface area contributed by atoms with Gasteiger partial charge in [-0.05, 0) is 30.4 Å². The van der Waals surface area contributed by atoms with Gasteiger partial charge in [0.1, 0.15) is 0 Å². The lowest BCUT2D eigenvalue weighted by Crippen LogP contribution is -1.81. The van der Waals surface area contributed by atoms with Gasteiger partial charge in [-0.3, -0.25) is 0 Å². The van der Waals surface area contributed by atoms with Crippen LogP contribution in [0.15, 0.2) is 23.6 Å². The van der Waals surface area contributed by atoms with E-state index in [0.717, 1.165) is 0 Å². The van der Waals surface area contributed by atoms with Gasteiger partial charge in [0.2, 0.25) is 0 Å². The molecule has 1 heteroatoms. The summed E-state index contributed by atoms with van der Waals surface area (Å²) in [5.41, 5.74) is 0. The summed E-state index contributed by atoms with van der Waals surface area (Å²) < 4.78 is 0. The van der Waals surface area contributed by atoms with E-state index in [1.165, 1.54) is 81.9 Å². The molecular weight excluding hydrogens is 260 g/mol. The van der Waals surface area contributed by atoms with Crippen molar-refractivity contribution < 1.29 is 0 Å². The van der Waals surface area contributed by atoms with Gasteiger partial charge in [-0.1, -0.05) is 83.3 Å². The molecule has 0 aliphatic carbocycles. The highest BCUT2D eigenvalue weighted by Crippen LogP contribution is 2.13. The second-order valence-electron chi connectivity index (χ2n) is 5.74. The van der Waals surface area contributed by atoms with Gasteiger partial charge < -0.3 is 0 Å². The Kier molecular flexibility index (Phi) is 11.7. The minimum atomic E-state index is 1.24. The molecule has 0 radical (unpaired) electrons. The zero-order chi connectivity index (χ0) is 14.3. The standard InChI is InChI=1S/C19H32S/c1-2-3-4-5-6-7-8-9-10-11-12-13-14-16-19-17-15-18-20-19/h14-18H,2-13H2,1H3/b16-14+. The van der Waals surface area contributed by atoms with Crippen LogP contribution in [0.2, 0.25) is 0 Å². The van der Waals surface area contributed by atoms with Crippen LogP contribution in [0.1, 0.15) is 88.9 Å². The van der Waals surface area contributed by atoms with Crippen LogP contribution < -0.4 is 0 Å². The number of unbranched alkanes of at least 4 members (excludes halogenated alkanes) is 11. The van der Waals surface area contributed by atoms with Crippen molar-refractivity contribution in [3.8, 4) is 0 Å². The second kappa shape index (κ2) is 13.4. The lowest BCUT2D eigenvalue weighted by Gasteiger charge is -2.01. The summed E-state index contributed by atoms with van der Waals surface area (Å²) >= 11 is 1.82. The van der Waals surface area contributed by atoms with E-state index in [-0.39, 0.29) is 0 Å². The Labute approximate surface area is 130 Å². The van der Waals surface area contributed by atoms with Gasteiger partial charge in [0.05, 0.1) is 0 Å². The van der Waals surface area contributed by atoms with Gasteiger partial charge >= 0.3 is 0 Å². The van der Waals surface area contributed by atoms with Crippen molar-refractivity contribution in [1.82, 2.24) is 0 Å². The van der Waals surface area contributed by atoms with E-state index in [4.69, 9.17) is 0 Å². The fraction of sp³-hybridized carbons (Fsp3) is 0.684. The third-order valence-electron chi connectivity index (χ3n) is 3.80. The molecule has 0 aromatic carbocycles. The van der Waals surface area contributed by atoms with Crippen LogP contribution in [-0.4, -0.2) is 0 Å². The van der Waals surface area contributed by atoms with E-state index < -0.39 is 0 Å². The molecule has 0 bridgehead atoms. The van der Waals surface area contributed by atoms with Gasteiger partial charge in [0.15, 0.2) is 0 Å². The highest BCUT2D eigenvalue weighted by molar-refractivity contribution is 7.10. The number of rotatable bonds is 13. The maximum atomic E-state index is 2.33. The van der Waals surface area contributed by atoms with Gasteiger partial charge in [-0.25, -0.2) is 0 Å². The summed E-state index contributed by atoms with van der Waals surface area (Å²) in [6.07, 6.45) is 21.6. The van der Waals surface area contributed by atoms with Crippen LogP contribution in [-0.2, 0) is 0 Å². The molecular formula is C19H32S. The molecule has 0 spiro atoms. The van der Waals surface area contributed by atoms with Crippen molar-refractivity contribution >= 4 is 17.4 Å². The SMILES string of the molecule is CCCCCCCCCCCCC/C=C/c1cccs1. The van der Waals surface area contributed by atoms with Crippen LogP contribution in [0.4, 0.5) is 0 Å². The largest absolute Gasteiger partial charge is 0.144 e. The first-order valence-corrected chi connectivity index (χ1v) is 9.51. The van der Waals surface area contributed by atoms with E-state index in [1.54, 1.807) is 0 Å². The summed E-state index contributed by atoms with van der Waals surface area (Å²) in [6.45, 7) is 2.29. The lowest BCUT2D eigenvalue weighted by atomic mass is 10.1. The molecule has 20 heavy (non-hydrogen) atoms. The van der Waals surface area contributed by atoms with Crippen molar-refractivity contribution in [3.63, 3.8) is 0 Å². The maximum absolute atomic E-state index is 2.33. The fourth-order valence-corrected chi connectivity index (χ4v) is 3.16. The Morgan fingerprint density at radius 3 is 2.00 bits per heavy atom. The molecule has 1 heterocycles. The molecule has 1 rings (SSSR count). The van der Waals surface area contributed by atoms with E-state index in [0.29, 0.717) is 0 Å². The maximum Gasteiger partial charge on any atom is 0.0267 e. The zero-order valence-corrected chi connectivity index (χ0v) is 14.1. The molecule has 0 atom stereocenters. The molecule has 0 unspecified atom stereocenters. The predicted octanol–water partition coefficient (Wildman–Crippen LogP) is 7.46. The first kappa shape index (κ1) is 17.5. The van der Waals surface area contributed by atoms with Crippen molar-refractivity contribution in [3.05, 3.63) is 28.5 Å². The second-order valence-corrected chi connectivity index (χ2v) is 6.72. The molecule has 0 N–H and O–H groups in total. The Morgan fingerprint density at radius 2 is 1.45 bits per heavy atom. The summed E-state index contributed by atoms with van der Waals surface area (Å²) in [4.78, 5) is 1.38. The third kappa shape index (κ3) is 10.3. The molecule has 0 aliphatic rings. The average molecular weight is 293 g/mol. The molecule has 0 saturated carbocycles. The summed E-state index contributed by atoms with van der Waals surface area (Å²) in [6, 6.07) is 4.30. The van der Waals surface area contributed by atoms with Crippen molar-refractivity contribution in [2.24, 2.45) is 0 Å². The molecule has 0 saturated heterocycles. The van der Waals surface area contributed by atoms with E-state index in [9.17, 15) is 0 Å². The first-order chi connectivity index (χ1) is 9.93. The van der Waals surface area contributed by atoms with Gasteiger partial charge in [-0.2, -0.15) is 0 Å². The normalized spacial score (nSPS) is 11.4. The first-order valence-electron chi connectivity index (χ1n) is 8.63. The Balaban J connectivity index is 1.76. The quantitative estimate of drug-likeness (QED) is 0.331. The fourth-order valence-electron chi connectivity index (χ4n) is 2.51. The number of hydrogen-bond acceptors (Lipinski definition) is 1. The molecule has 1 aromatic heterocycles. The highest BCUT2D eigenvalue weighted by Gasteiger charge is 1.92. The topological polar surface area (TPSA) is 0 Å². The number of hydrogen-bond donors (Lipinski definition) is 0. The highest BCUT2D eigenvalue weighted by atomic mass is 32.1. The molecule has 0 nitrogen and oxygen atoms in total. The van der Waals surface area contributed by atoms with Crippen LogP contribution in [0, 0.1) is 0 Å². The summed E-state index contributed by atoms with van der Waals surface area (Å²) in [5.74, 6) is 0. The van der Waals surface area contributed by atoms with Crippen molar-refractivity contribution in [2.75, 3.05) is 0 Å². The summed E-state index contributed by atoms with van der Waals surface area (Å²) in [5, 5.41) is 2.14. The van der Waals surface area contributed by atoms with Crippen molar-refractivity contribution in [1.29, 1.82) is 0 Å². The van der Waals surface area contributed by atoms with Gasteiger partial charge in [0.25, 0.3) is 0 Å². The van der Waals surface area contributed by atoms with E-state index >= 15 is 0 Å². The Bertz CT molecular complexity index is 311. The molecule has 0 amide bonds. The average Bonchev–Trinajstić information content (AvgIpc) is 2.97. The zero-order valence-electron chi connectivity index (χ0n) is 13.3. The minimum Gasteiger partial charge on any atom is -0.144 e. The van der Waals surface area contributed by atoms with Gasteiger partial charge in [0, 0.05) is 4.88 Å². The van der Waals surface area contributed by atoms with Crippen LogP contribution in [0.5, 0.6) is 0 Å². The van der Waals surface area contributed by atoms with E-state index in [1.807, 2.05) is 11.3 Å². The van der Waals surface area contributed by atoms with Crippen LogP contribution in [0.25, 0.3) is 6.08 Å². The molecule has 1 aromatic rings. The Hall–Kier alpha value is -0.560. The minimum absolute atomic E-state index is 1.24. The predicted molar refractivity (Wildman–Crippen MR) is 94.4 cm³/mol. The van der Waals surface area contributed by atoms with E-state index in [2.05, 4.69) is 36.6 Å². The van der Waals surface area contributed by atoms with Crippen LogP contribution >= 0.6 is 11.3 Å². The Morgan fingerprint density at radius 1 is 0.850 bits per heavy atom. The van der Waals surface area contributed by atoms with Gasteiger partial charge in [-0.15, -0.1) is 11.3 Å².